The van der Waals surface area contributed by atoms with Gasteiger partial charge in [-0.1, -0.05) is 11.6 Å². The molecule has 0 aromatic carbocycles. The van der Waals surface area contributed by atoms with E-state index in [4.69, 9.17) is 5.41 Å². The first kappa shape index (κ1) is 8.15. The molecule has 0 atom stereocenters. The molecule has 1 N–H and O–H groups in total. The van der Waals surface area contributed by atoms with Crippen LogP contribution in [0.15, 0.2) is 24.3 Å². The molecule has 0 bridgehead atoms. The third-order valence-corrected chi connectivity index (χ3v) is 0.929. The predicted molar refractivity (Wildman–Crippen MR) is 42.0 cm³/mol. The van der Waals surface area contributed by atoms with Crippen molar-refractivity contribution in [2.24, 2.45) is 0 Å². The van der Waals surface area contributed by atoms with E-state index in [0.717, 1.165) is 6.42 Å². The van der Waals surface area contributed by atoms with E-state index in [1.165, 1.54) is 5.57 Å². The molecule has 0 radical (unpaired) electrons. The van der Waals surface area contributed by atoms with Crippen molar-refractivity contribution in [3.05, 3.63) is 24.3 Å². The highest BCUT2D eigenvalue weighted by atomic mass is 14.4. The van der Waals surface area contributed by atoms with Gasteiger partial charge in [0.25, 0.3) is 0 Å². The van der Waals surface area contributed by atoms with Gasteiger partial charge in [0.05, 0.1) is 0 Å². The zero-order valence-corrected chi connectivity index (χ0v) is 6.07. The first-order valence-electron chi connectivity index (χ1n) is 3.00. The zero-order valence-electron chi connectivity index (χ0n) is 6.07. The Morgan fingerprint density at radius 1 is 1.56 bits per heavy atom. The second-order valence-electron chi connectivity index (χ2n) is 2.17. The molecule has 0 aliphatic carbocycles. The molecule has 1 nitrogen and oxygen atoms in total. The van der Waals surface area contributed by atoms with E-state index in [9.17, 15) is 0 Å². The Bertz CT molecular complexity index is 143. The Kier molecular flexibility index (Phi) is 3.69. The first-order valence-corrected chi connectivity index (χ1v) is 3.00. The molecular formula is C8H13N. The average molecular weight is 123 g/mol. The highest BCUT2D eigenvalue weighted by Gasteiger charge is 1.83. The number of allylic oxidation sites excluding steroid dienone is 3. The Morgan fingerprint density at radius 2 is 2.11 bits per heavy atom. The zero-order chi connectivity index (χ0) is 7.28. The summed E-state index contributed by atoms with van der Waals surface area (Å²) in [5, 5.41) is 7.09. The van der Waals surface area contributed by atoms with Crippen LogP contribution >= 0.6 is 0 Å². The number of rotatable bonds is 3. The monoisotopic (exact) mass is 123 g/mol. The summed E-state index contributed by atoms with van der Waals surface area (Å²) in [6.07, 6.45) is 4.58. The fourth-order valence-corrected chi connectivity index (χ4v) is 0.656. The van der Waals surface area contributed by atoms with E-state index >= 15 is 0 Å². The fraction of sp³-hybridized carbons (Fsp3) is 0.375. The van der Waals surface area contributed by atoms with Crippen molar-refractivity contribution in [2.75, 3.05) is 0 Å². The first-order chi connectivity index (χ1) is 4.16. The lowest BCUT2D eigenvalue weighted by atomic mass is 10.2. The van der Waals surface area contributed by atoms with E-state index in [1.807, 2.05) is 19.1 Å². The maximum absolute atomic E-state index is 7.09. The Morgan fingerprint density at radius 3 is 2.44 bits per heavy atom. The molecule has 0 fully saturated rings. The van der Waals surface area contributed by atoms with Crippen molar-refractivity contribution >= 4 is 5.71 Å². The second kappa shape index (κ2) is 4.07. The van der Waals surface area contributed by atoms with Crippen molar-refractivity contribution in [2.45, 2.75) is 20.3 Å². The van der Waals surface area contributed by atoms with Gasteiger partial charge in [0.15, 0.2) is 0 Å². The lowest BCUT2D eigenvalue weighted by Gasteiger charge is -1.91. The smallest absolute Gasteiger partial charge is 0.0282 e. The molecule has 0 aliphatic heterocycles. The molecule has 50 valence electrons. The highest BCUT2D eigenvalue weighted by molar-refractivity contribution is 5.90. The summed E-state index contributed by atoms with van der Waals surface area (Å²) in [6.45, 7) is 7.37. The minimum Gasteiger partial charge on any atom is -0.306 e. The van der Waals surface area contributed by atoms with Crippen LogP contribution in [0.4, 0.5) is 0 Å². The van der Waals surface area contributed by atoms with Gasteiger partial charge in [-0.15, -0.1) is 6.58 Å². The molecule has 0 saturated carbocycles. The molecule has 0 unspecified atom stereocenters. The molecule has 0 spiro atoms. The second-order valence-corrected chi connectivity index (χ2v) is 2.17. The summed E-state index contributed by atoms with van der Waals surface area (Å²) >= 11 is 0. The number of hydrogen-bond donors (Lipinski definition) is 1. The summed E-state index contributed by atoms with van der Waals surface area (Å²) in [5.41, 5.74) is 1.80. The number of hydrogen-bond acceptors (Lipinski definition) is 1. The van der Waals surface area contributed by atoms with Gasteiger partial charge in [0.1, 0.15) is 0 Å². The van der Waals surface area contributed by atoms with Gasteiger partial charge >= 0.3 is 0 Å². The standard InChI is InChI=1S/C8H13N/c1-4-5-7(2)6-8(3)9/h4,6,9H,1,5H2,2-3H3/b7-6-,9-8?. The van der Waals surface area contributed by atoms with E-state index in [0.29, 0.717) is 5.71 Å². The van der Waals surface area contributed by atoms with Crippen molar-refractivity contribution < 1.29 is 0 Å². The van der Waals surface area contributed by atoms with Crippen molar-refractivity contribution in [3.63, 3.8) is 0 Å². The Hall–Kier alpha value is -0.850. The van der Waals surface area contributed by atoms with Crippen LogP contribution in [0.3, 0.4) is 0 Å². The van der Waals surface area contributed by atoms with Crippen LogP contribution < -0.4 is 0 Å². The van der Waals surface area contributed by atoms with Crippen LogP contribution in [0.2, 0.25) is 0 Å². The van der Waals surface area contributed by atoms with Crippen LogP contribution in [-0.4, -0.2) is 5.71 Å². The van der Waals surface area contributed by atoms with Crippen LogP contribution in [0.25, 0.3) is 0 Å². The van der Waals surface area contributed by atoms with Gasteiger partial charge in [0.2, 0.25) is 0 Å². The van der Waals surface area contributed by atoms with E-state index in [1.54, 1.807) is 6.92 Å². The largest absolute Gasteiger partial charge is 0.306 e. The molecule has 0 saturated heterocycles. The van der Waals surface area contributed by atoms with Gasteiger partial charge < -0.3 is 5.41 Å². The SMILES string of the molecule is C=CC/C(C)=C\C(C)=N. The number of nitrogens with one attached hydrogen (secondary N) is 1. The molecule has 0 heterocycles. The maximum atomic E-state index is 7.09. The van der Waals surface area contributed by atoms with Crippen molar-refractivity contribution in [1.82, 2.24) is 0 Å². The summed E-state index contributed by atoms with van der Waals surface area (Å²) in [5.74, 6) is 0. The van der Waals surface area contributed by atoms with Gasteiger partial charge in [-0.05, 0) is 26.3 Å². The van der Waals surface area contributed by atoms with Crippen LogP contribution in [0, 0.1) is 5.41 Å². The molecule has 9 heavy (non-hydrogen) atoms. The van der Waals surface area contributed by atoms with Crippen LogP contribution in [0.5, 0.6) is 0 Å². The van der Waals surface area contributed by atoms with Gasteiger partial charge in [0, 0.05) is 5.71 Å². The van der Waals surface area contributed by atoms with Gasteiger partial charge in [-0.25, -0.2) is 0 Å². The van der Waals surface area contributed by atoms with Crippen LogP contribution in [0.1, 0.15) is 20.3 Å². The van der Waals surface area contributed by atoms with Crippen LogP contribution in [-0.2, 0) is 0 Å². The summed E-state index contributed by atoms with van der Waals surface area (Å²) in [4.78, 5) is 0. The van der Waals surface area contributed by atoms with Crippen molar-refractivity contribution in [3.8, 4) is 0 Å². The molecule has 0 aromatic heterocycles. The molecule has 1 heteroatoms. The lowest BCUT2D eigenvalue weighted by molar-refractivity contribution is 1.22. The fourth-order valence-electron chi connectivity index (χ4n) is 0.656. The molecule has 0 aliphatic rings. The third-order valence-electron chi connectivity index (χ3n) is 0.929. The summed E-state index contributed by atoms with van der Waals surface area (Å²) in [6, 6.07) is 0. The lowest BCUT2D eigenvalue weighted by Crippen LogP contribution is -1.82. The Balaban J connectivity index is 3.83. The quantitative estimate of drug-likeness (QED) is 0.440. The average Bonchev–Trinajstić information content (AvgIpc) is 1.63. The van der Waals surface area contributed by atoms with E-state index < -0.39 is 0 Å². The molecule has 0 amide bonds. The third kappa shape index (κ3) is 5.01. The highest BCUT2D eigenvalue weighted by Crippen LogP contribution is 1.98. The Labute approximate surface area is 56.6 Å². The van der Waals surface area contributed by atoms with E-state index in [2.05, 4.69) is 6.58 Å². The summed E-state index contributed by atoms with van der Waals surface area (Å²) in [7, 11) is 0. The molecule has 0 rings (SSSR count). The van der Waals surface area contributed by atoms with E-state index in [-0.39, 0.29) is 0 Å². The summed E-state index contributed by atoms with van der Waals surface area (Å²) < 4.78 is 0. The molecular weight excluding hydrogens is 110 g/mol. The van der Waals surface area contributed by atoms with Gasteiger partial charge in [-0.2, -0.15) is 0 Å². The molecule has 0 aromatic rings. The van der Waals surface area contributed by atoms with Crippen molar-refractivity contribution in [1.29, 1.82) is 5.41 Å². The predicted octanol–water partition coefficient (Wildman–Crippen LogP) is 2.55. The minimum absolute atomic E-state index is 0.606. The minimum atomic E-state index is 0.606. The normalized spacial score (nSPS) is 11.1. The topological polar surface area (TPSA) is 23.9 Å². The van der Waals surface area contributed by atoms with Gasteiger partial charge in [-0.3, -0.25) is 0 Å². The maximum Gasteiger partial charge on any atom is 0.0282 e.